The molecular formula is C7H9ClN2O2. The summed E-state index contributed by atoms with van der Waals surface area (Å²) < 4.78 is 0. The summed E-state index contributed by atoms with van der Waals surface area (Å²) in [6.07, 6.45) is 0.261. The fourth-order valence-electron chi connectivity index (χ4n) is 0.624. The molecule has 4 nitrogen and oxygen atoms in total. The lowest BCUT2D eigenvalue weighted by Crippen LogP contribution is -2.33. The number of alkyl halides is 1. The Balaban J connectivity index is 4.05. The van der Waals surface area contributed by atoms with E-state index in [4.69, 9.17) is 16.9 Å². The molecular weight excluding hydrogens is 180 g/mol. The van der Waals surface area contributed by atoms with E-state index in [1.54, 1.807) is 6.07 Å². The minimum absolute atomic E-state index is 0.226. The van der Waals surface area contributed by atoms with Crippen molar-refractivity contribution in [3.63, 3.8) is 0 Å². The molecule has 2 amide bonds. The minimum atomic E-state index is -0.827. The van der Waals surface area contributed by atoms with Gasteiger partial charge < -0.3 is 0 Å². The number of carbonyl (C=O) groups is 2. The zero-order valence-electron chi connectivity index (χ0n) is 6.63. The number of hydrogen-bond acceptors (Lipinski definition) is 3. The molecule has 0 spiro atoms. The molecule has 0 bridgehead atoms. The van der Waals surface area contributed by atoms with E-state index in [-0.39, 0.29) is 12.3 Å². The third kappa shape index (κ3) is 3.94. The second kappa shape index (κ2) is 5.56. The minimum Gasteiger partial charge on any atom is -0.296 e. The average molecular weight is 189 g/mol. The van der Waals surface area contributed by atoms with E-state index in [2.05, 4.69) is 0 Å². The maximum atomic E-state index is 11.0. The second-order valence-electron chi connectivity index (χ2n) is 2.20. The van der Waals surface area contributed by atoms with E-state index in [0.717, 1.165) is 0 Å². The van der Waals surface area contributed by atoms with Crippen LogP contribution in [0.5, 0.6) is 0 Å². The van der Waals surface area contributed by atoms with Crippen molar-refractivity contribution in [3.8, 4) is 6.07 Å². The van der Waals surface area contributed by atoms with Crippen molar-refractivity contribution >= 4 is 23.4 Å². The molecule has 0 unspecified atom stereocenters. The summed E-state index contributed by atoms with van der Waals surface area (Å²) in [5, 5.41) is 10.5. The van der Waals surface area contributed by atoms with Crippen LogP contribution in [0.1, 0.15) is 13.3 Å². The summed E-state index contributed by atoms with van der Waals surface area (Å²) >= 11 is 5.34. The van der Waals surface area contributed by atoms with Gasteiger partial charge in [0.1, 0.15) is 5.92 Å². The topological polar surface area (TPSA) is 70.0 Å². The van der Waals surface area contributed by atoms with Crippen LogP contribution >= 0.6 is 11.6 Å². The highest BCUT2D eigenvalue weighted by atomic mass is 35.5. The lowest BCUT2D eigenvalue weighted by Gasteiger charge is -2.04. The van der Waals surface area contributed by atoms with Gasteiger partial charge in [0.2, 0.25) is 11.8 Å². The van der Waals surface area contributed by atoms with Gasteiger partial charge in [0.15, 0.2) is 0 Å². The van der Waals surface area contributed by atoms with Crippen LogP contribution in [0, 0.1) is 17.2 Å². The SMILES string of the molecule is CC(=O)NC(=O)[C@@H](C#N)CCCl. The molecule has 12 heavy (non-hydrogen) atoms. The number of nitrogens with zero attached hydrogens (tertiary/aromatic N) is 1. The van der Waals surface area contributed by atoms with Gasteiger partial charge in [-0.3, -0.25) is 14.9 Å². The summed E-state index contributed by atoms with van der Waals surface area (Å²) in [5.41, 5.74) is 0. The van der Waals surface area contributed by atoms with Crippen LogP contribution in [0.3, 0.4) is 0 Å². The van der Waals surface area contributed by atoms with Gasteiger partial charge in [-0.05, 0) is 6.42 Å². The van der Waals surface area contributed by atoms with Gasteiger partial charge in [-0.1, -0.05) is 0 Å². The molecule has 1 atom stereocenters. The molecule has 0 saturated carbocycles. The first-order chi connectivity index (χ1) is 5.61. The summed E-state index contributed by atoms with van der Waals surface area (Å²) in [6, 6.07) is 1.76. The van der Waals surface area contributed by atoms with Gasteiger partial charge in [-0.25, -0.2) is 0 Å². The van der Waals surface area contributed by atoms with Crippen molar-refractivity contribution in [2.24, 2.45) is 5.92 Å². The van der Waals surface area contributed by atoms with Crippen LogP contribution < -0.4 is 5.32 Å². The third-order valence-electron chi connectivity index (χ3n) is 1.17. The van der Waals surface area contributed by atoms with Gasteiger partial charge in [0, 0.05) is 12.8 Å². The van der Waals surface area contributed by atoms with Gasteiger partial charge in [-0.15, -0.1) is 11.6 Å². The number of nitrogens with one attached hydrogen (secondary N) is 1. The Kier molecular flexibility index (Phi) is 5.06. The van der Waals surface area contributed by atoms with Crippen LogP contribution in [0.2, 0.25) is 0 Å². The number of rotatable bonds is 3. The first-order valence-electron chi connectivity index (χ1n) is 3.38. The fraction of sp³-hybridized carbons (Fsp3) is 0.571. The molecule has 0 aromatic carbocycles. The molecule has 0 radical (unpaired) electrons. The van der Waals surface area contributed by atoms with E-state index >= 15 is 0 Å². The van der Waals surface area contributed by atoms with E-state index < -0.39 is 17.7 Å². The highest BCUT2D eigenvalue weighted by Crippen LogP contribution is 2.02. The Hall–Kier alpha value is -1.08. The second-order valence-corrected chi connectivity index (χ2v) is 2.58. The standard InChI is InChI=1S/C7H9ClN2O2/c1-5(11)10-7(12)6(4-9)2-3-8/h6H,2-3H2,1H3,(H,10,11,12)/t6-/m1/s1. The van der Waals surface area contributed by atoms with Gasteiger partial charge in [0.05, 0.1) is 6.07 Å². The molecule has 5 heteroatoms. The highest BCUT2D eigenvalue weighted by Gasteiger charge is 2.17. The number of amides is 2. The Labute approximate surface area is 75.5 Å². The van der Waals surface area contributed by atoms with Crippen LogP contribution in [0.15, 0.2) is 0 Å². The van der Waals surface area contributed by atoms with E-state index in [1.807, 2.05) is 5.32 Å². The van der Waals surface area contributed by atoms with Gasteiger partial charge in [-0.2, -0.15) is 5.26 Å². The fourth-order valence-corrected chi connectivity index (χ4v) is 0.842. The Bertz CT molecular complexity index is 222. The summed E-state index contributed by atoms with van der Waals surface area (Å²) in [7, 11) is 0. The predicted octanol–water partition coefficient (Wildman–Crippen LogP) is 0.418. The Morgan fingerprint density at radius 2 is 2.25 bits per heavy atom. The average Bonchev–Trinajstić information content (AvgIpc) is 1.98. The molecule has 0 aromatic heterocycles. The zero-order valence-corrected chi connectivity index (χ0v) is 7.39. The van der Waals surface area contributed by atoms with Gasteiger partial charge in [0.25, 0.3) is 0 Å². The quantitative estimate of drug-likeness (QED) is 0.653. The van der Waals surface area contributed by atoms with Crippen molar-refractivity contribution in [1.82, 2.24) is 5.32 Å². The largest absolute Gasteiger partial charge is 0.296 e. The van der Waals surface area contributed by atoms with Crippen LogP contribution in [-0.2, 0) is 9.59 Å². The van der Waals surface area contributed by atoms with E-state index in [1.165, 1.54) is 6.92 Å². The number of hydrogen-bond donors (Lipinski definition) is 1. The molecule has 0 aliphatic rings. The number of halogens is 1. The highest BCUT2D eigenvalue weighted by molar-refractivity contribution is 6.18. The Morgan fingerprint density at radius 3 is 2.58 bits per heavy atom. The van der Waals surface area contributed by atoms with Crippen molar-refractivity contribution in [2.75, 3.05) is 5.88 Å². The first-order valence-corrected chi connectivity index (χ1v) is 3.92. The molecule has 66 valence electrons. The van der Waals surface area contributed by atoms with Crippen molar-refractivity contribution in [1.29, 1.82) is 5.26 Å². The normalized spacial score (nSPS) is 11.4. The number of nitriles is 1. The van der Waals surface area contributed by atoms with Crippen LogP contribution in [-0.4, -0.2) is 17.7 Å². The van der Waals surface area contributed by atoms with Crippen LogP contribution in [0.4, 0.5) is 0 Å². The summed E-state index contributed by atoms with van der Waals surface area (Å²) in [6.45, 7) is 1.22. The molecule has 0 aromatic rings. The molecule has 1 N–H and O–H groups in total. The van der Waals surface area contributed by atoms with Crippen molar-refractivity contribution in [3.05, 3.63) is 0 Å². The summed E-state index contributed by atoms with van der Waals surface area (Å²) in [4.78, 5) is 21.4. The zero-order chi connectivity index (χ0) is 9.56. The number of imide groups is 1. The molecule has 0 saturated heterocycles. The third-order valence-corrected chi connectivity index (χ3v) is 1.39. The van der Waals surface area contributed by atoms with E-state index in [9.17, 15) is 9.59 Å². The smallest absolute Gasteiger partial charge is 0.243 e. The van der Waals surface area contributed by atoms with Crippen molar-refractivity contribution in [2.45, 2.75) is 13.3 Å². The van der Waals surface area contributed by atoms with Crippen LogP contribution in [0.25, 0.3) is 0 Å². The molecule has 0 fully saturated rings. The monoisotopic (exact) mass is 188 g/mol. The lowest BCUT2D eigenvalue weighted by molar-refractivity contribution is -0.130. The molecule has 0 rings (SSSR count). The molecule has 0 aliphatic carbocycles. The maximum Gasteiger partial charge on any atom is 0.243 e. The van der Waals surface area contributed by atoms with E-state index in [0.29, 0.717) is 0 Å². The first kappa shape index (κ1) is 10.9. The lowest BCUT2D eigenvalue weighted by atomic mass is 10.1. The Morgan fingerprint density at radius 1 is 1.67 bits per heavy atom. The molecule has 0 heterocycles. The molecule has 0 aliphatic heterocycles. The predicted molar refractivity (Wildman–Crippen MR) is 43.3 cm³/mol. The van der Waals surface area contributed by atoms with Gasteiger partial charge >= 0.3 is 0 Å². The summed E-state index contributed by atoms with van der Waals surface area (Å²) in [5.74, 6) is -1.64. The maximum absolute atomic E-state index is 11.0. The van der Waals surface area contributed by atoms with Crippen molar-refractivity contribution < 1.29 is 9.59 Å². The number of carbonyl (C=O) groups excluding carboxylic acids is 2.